The minimum atomic E-state index is -0.673. The number of fused-ring (bicyclic) bond motifs is 5. The molecule has 8 unspecified atom stereocenters. The molecule has 0 spiro atoms. The fourth-order valence-electron chi connectivity index (χ4n) is 8.80. The first kappa shape index (κ1) is 23.8. The molecule has 172 valence electrons. The van der Waals surface area contributed by atoms with Crippen LogP contribution in [0.2, 0.25) is 0 Å². The van der Waals surface area contributed by atoms with Gasteiger partial charge in [0, 0.05) is 18.3 Å². The lowest BCUT2D eigenvalue weighted by atomic mass is 9.42. The van der Waals surface area contributed by atoms with Crippen molar-refractivity contribution in [1.82, 2.24) is 0 Å². The SMILES string of the molecule is CC.CCC1C(=O)C2C3CCC(CCCC(=O)O)C3(C)CCC2C2(C)CCCCC12. The number of Topliss-reactive ketones (excluding diaryl/α,β-unsaturated/α-hetero) is 1. The van der Waals surface area contributed by atoms with Gasteiger partial charge in [0.15, 0.2) is 0 Å². The molecule has 4 aliphatic carbocycles. The van der Waals surface area contributed by atoms with Crippen LogP contribution in [0, 0.1) is 46.3 Å². The predicted octanol–water partition coefficient (Wildman–Crippen LogP) is 7.13. The molecule has 8 atom stereocenters. The molecule has 4 aliphatic rings. The van der Waals surface area contributed by atoms with E-state index in [1.54, 1.807) is 0 Å². The second-order valence-electron chi connectivity index (χ2n) is 11.1. The molecule has 4 fully saturated rings. The zero-order chi connectivity index (χ0) is 22.1. The number of hydrogen-bond donors (Lipinski definition) is 1. The second kappa shape index (κ2) is 9.33. The molecule has 0 heterocycles. The van der Waals surface area contributed by atoms with Crippen molar-refractivity contribution in [2.75, 3.05) is 0 Å². The largest absolute Gasteiger partial charge is 0.481 e. The summed E-state index contributed by atoms with van der Waals surface area (Å²) in [6.07, 6.45) is 13.3. The Kier molecular flexibility index (Phi) is 7.40. The van der Waals surface area contributed by atoms with Crippen molar-refractivity contribution in [3.05, 3.63) is 0 Å². The Balaban J connectivity index is 0.00000124. The summed E-state index contributed by atoms with van der Waals surface area (Å²) in [4.78, 5) is 24.8. The van der Waals surface area contributed by atoms with Crippen molar-refractivity contribution >= 4 is 11.8 Å². The summed E-state index contributed by atoms with van der Waals surface area (Å²) in [5, 5.41) is 9.02. The lowest BCUT2D eigenvalue weighted by molar-refractivity contribution is -0.167. The van der Waals surface area contributed by atoms with Gasteiger partial charge in [-0.3, -0.25) is 9.59 Å². The van der Waals surface area contributed by atoms with Crippen LogP contribution >= 0.6 is 0 Å². The van der Waals surface area contributed by atoms with Crippen LogP contribution in [0.25, 0.3) is 0 Å². The zero-order valence-electron chi connectivity index (χ0n) is 20.2. The molecule has 0 aromatic rings. The fraction of sp³-hybridized carbons (Fsp3) is 0.926. The monoisotopic (exact) mass is 418 g/mol. The van der Waals surface area contributed by atoms with Crippen molar-refractivity contribution < 1.29 is 14.7 Å². The molecule has 0 bridgehead atoms. The Hall–Kier alpha value is -0.860. The lowest BCUT2D eigenvalue weighted by Gasteiger charge is -2.61. The van der Waals surface area contributed by atoms with Crippen LogP contribution < -0.4 is 0 Å². The molecule has 30 heavy (non-hydrogen) atoms. The van der Waals surface area contributed by atoms with E-state index in [1.807, 2.05) is 13.8 Å². The molecule has 0 radical (unpaired) electrons. The van der Waals surface area contributed by atoms with Gasteiger partial charge < -0.3 is 5.11 Å². The Morgan fingerprint density at radius 2 is 1.67 bits per heavy atom. The Morgan fingerprint density at radius 3 is 2.33 bits per heavy atom. The van der Waals surface area contributed by atoms with Gasteiger partial charge in [-0.2, -0.15) is 0 Å². The Morgan fingerprint density at radius 1 is 0.967 bits per heavy atom. The topological polar surface area (TPSA) is 54.4 Å². The van der Waals surface area contributed by atoms with Gasteiger partial charge in [-0.25, -0.2) is 0 Å². The van der Waals surface area contributed by atoms with Crippen LogP contribution in [0.3, 0.4) is 0 Å². The average molecular weight is 419 g/mol. The van der Waals surface area contributed by atoms with E-state index in [2.05, 4.69) is 20.8 Å². The first-order chi connectivity index (χ1) is 14.3. The van der Waals surface area contributed by atoms with Crippen LogP contribution in [0.15, 0.2) is 0 Å². The number of ketones is 1. The van der Waals surface area contributed by atoms with Crippen LogP contribution in [-0.2, 0) is 9.59 Å². The van der Waals surface area contributed by atoms with Crippen LogP contribution in [-0.4, -0.2) is 16.9 Å². The average Bonchev–Trinajstić information content (AvgIpc) is 3.06. The molecule has 0 amide bonds. The van der Waals surface area contributed by atoms with Gasteiger partial charge in [0.05, 0.1) is 0 Å². The maximum atomic E-state index is 13.8. The Labute approximate surface area is 184 Å². The number of carboxylic acids is 1. The number of hydrogen-bond acceptors (Lipinski definition) is 2. The highest BCUT2D eigenvalue weighted by atomic mass is 16.4. The summed E-state index contributed by atoms with van der Waals surface area (Å²) in [5.41, 5.74) is 0.631. The molecule has 0 aromatic carbocycles. The number of carbonyl (C=O) groups is 2. The maximum Gasteiger partial charge on any atom is 0.303 e. The highest BCUT2D eigenvalue weighted by Gasteiger charge is 2.63. The predicted molar refractivity (Wildman–Crippen MR) is 122 cm³/mol. The van der Waals surface area contributed by atoms with Gasteiger partial charge in [0.2, 0.25) is 0 Å². The second-order valence-corrected chi connectivity index (χ2v) is 11.1. The number of carbonyl (C=O) groups excluding carboxylic acids is 1. The van der Waals surface area contributed by atoms with E-state index >= 15 is 0 Å². The first-order valence-electron chi connectivity index (χ1n) is 13.1. The zero-order valence-corrected chi connectivity index (χ0v) is 20.2. The molecule has 3 heteroatoms. The molecule has 1 N–H and O–H groups in total. The van der Waals surface area contributed by atoms with E-state index in [0.29, 0.717) is 47.2 Å². The van der Waals surface area contributed by atoms with E-state index in [9.17, 15) is 9.59 Å². The molecule has 4 saturated carbocycles. The molecule has 0 aliphatic heterocycles. The molecular weight excluding hydrogens is 372 g/mol. The third kappa shape index (κ3) is 3.77. The molecule has 4 rings (SSSR count). The van der Waals surface area contributed by atoms with E-state index < -0.39 is 5.97 Å². The van der Waals surface area contributed by atoms with E-state index in [0.717, 1.165) is 19.3 Å². The van der Waals surface area contributed by atoms with E-state index in [1.165, 1.54) is 51.4 Å². The van der Waals surface area contributed by atoms with Crippen molar-refractivity contribution in [3.63, 3.8) is 0 Å². The summed E-state index contributed by atoms with van der Waals surface area (Å²) in [7, 11) is 0. The first-order valence-corrected chi connectivity index (χ1v) is 13.1. The maximum absolute atomic E-state index is 13.8. The smallest absolute Gasteiger partial charge is 0.303 e. The summed E-state index contributed by atoms with van der Waals surface area (Å²) in [6, 6.07) is 0. The highest BCUT2D eigenvalue weighted by molar-refractivity contribution is 5.86. The number of carboxylic acid groups (broad SMARTS) is 1. The van der Waals surface area contributed by atoms with Gasteiger partial charge in [0.25, 0.3) is 0 Å². The minimum Gasteiger partial charge on any atom is -0.481 e. The van der Waals surface area contributed by atoms with Crippen molar-refractivity contribution in [3.8, 4) is 0 Å². The van der Waals surface area contributed by atoms with Gasteiger partial charge in [-0.05, 0) is 92.3 Å². The summed E-state index contributed by atoms with van der Waals surface area (Å²) in [6.45, 7) is 11.2. The fourth-order valence-corrected chi connectivity index (χ4v) is 8.80. The molecule has 0 saturated heterocycles. The van der Waals surface area contributed by atoms with Gasteiger partial charge in [0.1, 0.15) is 5.78 Å². The van der Waals surface area contributed by atoms with Crippen molar-refractivity contribution in [2.45, 2.75) is 112 Å². The molecule has 3 nitrogen and oxygen atoms in total. The summed E-state index contributed by atoms with van der Waals surface area (Å²) in [5.74, 6) is 2.91. The van der Waals surface area contributed by atoms with Crippen LogP contribution in [0.5, 0.6) is 0 Å². The Bertz CT molecular complexity index is 628. The number of rotatable bonds is 5. The standard InChI is InChI=1S/C25H40O3.C2H6/c1-4-17-18-9-5-6-14-25(18,3)20-13-15-24(2)16(8-7-10-21(26)27)11-12-19(24)22(20)23(17)28;1-2/h16-20,22H,4-15H2,1-3H3,(H,26,27);1-2H3. The lowest BCUT2D eigenvalue weighted by Crippen LogP contribution is -2.59. The van der Waals surface area contributed by atoms with Gasteiger partial charge in [-0.1, -0.05) is 47.5 Å². The summed E-state index contributed by atoms with van der Waals surface area (Å²) >= 11 is 0. The summed E-state index contributed by atoms with van der Waals surface area (Å²) < 4.78 is 0. The van der Waals surface area contributed by atoms with E-state index in [4.69, 9.17) is 5.11 Å². The van der Waals surface area contributed by atoms with Crippen LogP contribution in [0.4, 0.5) is 0 Å². The third-order valence-corrected chi connectivity index (χ3v) is 10.2. The van der Waals surface area contributed by atoms with Gasteiger partial charge >= 0.3 is 5.97 Å². The minimum absolute atomic E-state index is 0.255. The number of aliphatic carboxylic acids is 1. The normalized spacial score (nSPS) is 44.9. The highest BCUT2D eigenvalue weighted by Crippen LogP contribution is 2.68. The molecule has 0 aromatic heterocycles. The third-order valence-electron chi connectivity index (χ3n) is 10.2. The van der Waals surface area contributed by atoms with Gasteiger partial charge in [-0.15, -0.1) is 0 Å². The quantitative estimate of drug-likeness (QED) is 0.516. The van der Waals surface area contributed by atoms with Crippen molar-refractivity contribution in [1.29, 1.82) is 0 Å². The molecular formula is C27H46O3. The van der Waals surface area contributed by atoms with E-state index in [-0.39, 0.29) is 11.3 Å². The van der Waals surface area contributed by atoms with Crippen LogP contribution in [0.1, 0.15) is 112 Å². The van der Waals surface area contributed by atoms with Crippen molar-refractivity contribution in [2.24, 2.45) is 46.3 Å².